The molecule has 0 spiro atoms. The summed E-state index contributed by atoms with van der Waals surface area (Å²) in [5, 5.41) is 12.7. The SMILES string of the molecule is CC(C)CC(C)N(CCO)CC1CCCN1. The zero-order valence-electron chi connectivity index (χ0n) is 11.1. The van der Waals surface area contributed by atoms with Crippen molar-refractivity contribution < 1.29 is 5.11 Å². The third-order valence-electron chi connectivity index (χ3n) is 3.44. The van der Waals surface area contributed by atoms with E-state index in [-0.39, 0.29) is 6.61 Å². The maximum Gasteiger partial charge on any atom is 0.0558 e. The molecule has 0 radical (unpaired) electrons. The molecule has 0 amide bonds. The van der Waals surface area contributed by atoms with Gasteiger partial charge in [0, 0.05) is 25.2 Å². The third-order valence-corrected chi connectivity index (χ3v) is 3.44. The van der Waals surface area contributed by atoms with Gasteiger partial charge in [-0.25, -0.2) is 0 Å². The Bertz CT molecular complexity index is 179. The minimum Gasteiger partial charge on any atom is -0.395 e. The standard InChI is InChI=1S/C13H28N2O/c1-11(2)9-12(3)15(7-8-16)10-13-5-4-6-14-13/h11-14,16H,4-10H2,1-3H3. The van der Waals surface area contributed by atoms with Crippen molar-refractivity contribution >= 4 is 0 Å². The number of aliphatic hydroxyl groups excluding tert-OH is 1. The van der Waals surface area contributed by atoms with E-state index in [0.29, 0.717) is 12.1 Å². The molecular weight excluding hydrogens is 200 g/mol. The summed E-state index contributed by atoms with van der Waals surface area (Å²) in [6.45, 7) is 10.2. The zero-order chi connectivity index (χ0) is 12.0. The molecule has 1 fully saturated rings. The van der Waals surface area contributed by atoms with Crippen LogP contribution in [0, 0.1) is 5.92 Å². The van der Waals surface area contributed by atoms with Crippen LogP contribution in [0.3, 0.4) is 0 Å². The second kappa shape index (κ2) is 7.25. The average molecular weight is 228 g/mol. The molecule has 0 saturated carbocycles. The van der Waals surface area contributed by atoms with Crippen LogP contribution in [-0.4, -0.2) is 48.3 Å². The van der Waals surface area contributed by atoms with E-state index < -0.39 is 0 Å². The highest BCUT2D eigenvalue weighted by Crippen LogP contribution is 2.14. The molecule has 1 saturated heterocycles. The molecule has 2 N–H and O–H groups in total. The maximum absolute atomic E-state index is 9.13. The maximum atomic E-state index is 9.13. The highest BCUT2D eigenvalue weighted by atomic mass is 16.3. The minimum absolute atomic E-state index is 0.273. The summed E-state index contributed by atoms with van der Waals surface area (Å²) in [6, 6.07) is 1.22. The first-order valence-corrected chi connectivity index (χ1v) is 6.71. The lowest BCUT2D eigenvalue weighted by molar-refractivity contribution is 0.134. The number of rotatable bonds is 7. The fourth-order valence-corrected chi connectivity index (χ4v) is 2.65. The van der Waals surface area contributed by atoms with Crippen LogP contribution in [0.2, 0.25) is 0 Å². The average Bonchev–Trinajstić information content (AvgIpc) is 2.68. The summed E-state index contributed by atoms with van der Waals surface area (Å²) in [4.78, 5) is 2.43. The van der Waals surface area contributed by atoms with Gasteiger partial charge in [0.05, 0.1) is 6.61 Å². The van der Waals surface area contributed by atoms with E-state index in [4.69, 9.17) is 5.11 Å². The van der Waals surface area contributed by atoms with E-state index >= 15 is 0 Å². The van der Waals surface area contributed by atoms with Crippen LogP contribution in [0.25, 0.3) is 0 Å². The van der Waals surface area contributed by atoms with Gasteiger partial charge in [-0.2, -0.15) is 0 Å². The number of hydrogen-bond donors (Lipinski definition) is 2. The molecule has 1 heterocycles. The summed E-state index contributed by atoms with van der Waals surface area (Å²) in [5.74, 6) is 0.729. The topological polar surface area (TPSA) is 35.5 Å². The normalized spacial score (nSPS) is 23.2. The molecule has 3 heteroatoms. The Morgan fingerprint density at radius 3 is 2.62 bits per heavy atom. The molecular formula is C13H28N2O. The summed E-state index contributed by atoms with van der Waals surface area (Å²) in [6.07, 6.45) is 3.80. The number of nitrogens with zero attached hydrogens (tertiary/aromatic N) is 1. The number of hydrogen-bond acceptors (Lipinski definition) is 3. The lowest BCUT2D eigenvalue weighted by Crippen LogP contribution is -2.44. The van der Waals surface area contributed by atoms with E-state index in [1.54, 1.807) is 0 Å². The smallest absolute Gasteiger partial charge is 0.0558 e. The zero-order valence-corrected chi connectivity index (χ0v) is 11.1. The lowest BCUT2D eigenvalue weighted by atomic mass is 10.0. The van der Waals surface area contributed by atoms with Crippen molar-refractivity contribution in [3.05, 3.63) is 0 Å². The molecule has 0 aliphatic carbocycles. The second-order valence-corrected chi connectivity index (χ2v) is 5.49. The van der Waals surface area contributed by atoms with Crippen LogP contribution in [0.15, 0.2) is 0 Å². The lowest BCUT2D eigenvalue weighted by Gasteiger charge is -2.31. The van der Waals surface area contributed by atoms with E-state index in [1.807, 2.05) is 0 Å². The molecule has 1 rings (SSSR count). The molecule has 16 heavy (non-hydrogen) atoms. The highest BCUT2D eigenvalue weighted by molar-refractivity contribution is 4.80. The summed E-state index contributed by atoms with van der Waals surface area (Å²) < 4.78 is 0. The molecule has 0 bridgehead atoms. The van der Waals surface area contributed by atoms with Crippen molar-refractivity contribution in [2.45, 2.75) is 52.1 Å². The van der Waals surface area contributed by atoms with Gasteiger partial charge in [-0.15, -0.1) is 0 Å². The van der Waals surface area contributed by atoms with Gasteiger partial charge in [0.1, 0.15) is 0 Å². The molecule has 3 nitrogen and oxygen atoms in total. The van der Waals surface area contributed by atoms with Gasteiger partial charge >= 0.3 is 0 Å². The van der Waals surface area contributed by atoms with Crippen molar-refractivity contribution in [3.63, 3.8) is 0 Å². The van der Waals surface area contributed by atoms with Gasteiger partial charge < -0.3 is 10.4 Å². The Hall–Kier alpha value is -0.120. The molecule has 0 aromatic heterocycles. The first-order chi connectivity index (χ1) is 7.63. The van der Waals surface area contributed by atoms with Crippen molar-refractivity contribution in [3.8, 4) is 0 Å². The second-order valence-electron chi connectivity index (χ2n) is 5.49. The van der Waals surface area contributed by atoms with Crippen molar-refractivity contribution in [1.29, 1.82) is 0 Å². The molecule has 1 aliphatic heterocycles. The third kappa shape index (κ3) is 4.81. The van der Waals surface area contributed by atoms with Gasteiger partial charge in [-0.3, -0.25) is 4.90 Å². The molecule has 2 atom stereocenters. The first kappa shape index (κ1) is 13.9. The van der Waals surface area contributed by atoms with Gasteiger partial charge in [0.15, 0.2) is 0 Å². The van der Waals surface area contributed by atoms with Crippen LogP contribution in [0.5, 0.6) is 0 Å². The molecule has 96 valence electrons. The summed E-state index contributed by atoms with van der Waals surface area (Å²) in [7, 11) is 0. The number of nitrogens with one attached hydrogen (secondary N) is 1. The van der Waals surface area contributed by atoms with E-state index in [1.165, 1.54) is 19.3 Å². The largest absolute Gasteiger partial charge is 0.395 e. The predicted octanol–water partition coefficient (Wildman–Crippen LogP) is 1.47. The van der Waals surface area contributed by atoms with Crippen LogP contribution >= 0.6 is 0 Å². The molecule has 0 aromatic carbocycles. The van der Waals surface area contributed by atoms with E-state index in [0.717, 1.165) is 25.6 Å². The summed E-state index contributed by atoms with van der Waals surface area (Å²) >= 11 is 0. The van der Waals surface area contributed by atoms with Crippen molar-refractivity contribution in [1.82, 2.24) is 10.2 Å². The molecule has 0 aromatic rings. The van der Waals surface area contributed by atoms with Gasteiger partial charge in [-0.1, -0.05) is 13.8 Å². The van der Waals surface area contributed by atoms with Crippen molar-refractivity contribution in [2.75, 3.05) is 26.2 Å². The Balaban J connectivity index is 2.38. The van der Waals surface area contributed by atoms with Gasteiger partial charge in [0.25, 0.3) is 0 Å². The quantitative estimate of drug-likeness (QED) is 0.692. The van der Waals surface area contributed by atoms with Crippen LogP contribution in [0.1, 0.15) is 40.0 Å². The van der Waals surface area contributed by atoms with Crippen molar-refractivity contribution in [2.24, 2.45) is 5.92 Å². The monoisotopic (exact) mass is 228 g/mol. The van der Waals surface area contributed by atoms with E-state index in [9.17, 15) is 0 Å². The minimum atomic E-state index is 0.273. The number of aliphatic hydroxyl groups is 1. The fourth-order valence-electron chi connectivity index (χ4n) is 2.65. The van der Waals surface area contributed by atoms with Gasteiger partial charge in [-0.05, 0) is 38.6 Å². The Kier molecular flexibility index (Phi) is 6.32. The Morgan fingerprint density at radius 2 is 2.12 bits per heavy atom. The predicted molar refractivity (Wildman–Crippen MR) is 68.6 cm³/mol. The highest BCUT2D eigenvalue weighted by Gasteiger charge is 2.21. The molecule has 1 aliphatic rings. The Morgan fingerprint density at radius 1 is 1.38 bits per heavy atom. The molecule has 2 unspecified atom stereocenters. The van der Waals surface area contributed by atoms with Crippen LogP contribution in [0.4, 0.5) is 0 Å². The fraction of sp³-hybridized carbons (Fsp3) is 1.00. The van der Waals surface area contributed by atoms with Gasteiger partial charge in [0.2, 0.25) is 0 Å². The summed E-state index contributed by atoms with van der Waals surface area (Å²) in [5.41, 5.74) is 0. The first-order valence-electron chi connectivity index (χ1n) is 6.71. The van der Waals surface area contributed by atoms with Crippen LogP contribution in [-0.2, 0) is 0 Å². The van der Waals surface area contributed by atoms with Crippen LogP contribution < -0.4 is 5.32 Å². The Labute approximate surface area is 100 Å². The van der Waals surface area contributed by atoms with E-state index in [2.05, 4.69) is 31.0 Å².